The van der Waals surface area contributed by atoms with E-state index in [0.29, 0.717) is 23.6 Å². The van der Waals surface area contributed by atoms with Gasteiger partial charge in [0.15, 0.2) is 5.76 Å². The fourth-order valence-electron chi connectivity index (χ4n) is 4.96. The Morgan fingerprint density at radius 3 is 2.22 bits per heavy atom. The number of methoxy groups -OCH3 is 1. The van der Waals surface area contributed by atoms with E-state index in [-0.39, 0.29) is 11.7 Å². The first-order valence-corrected chi connectivity index (χ1v) is 14.3. The lowest BCUT2D eigenvalue weighted by atomic mass is 10.0. The number of ether oxygens (including phenoxy) is 1. The van der Waals surface area contributed by atoms with Gasteiger partial charge in [0, 0.05) is 30.4 Å². The van der Waals surface area contributed by atoms with Gasteiger partial charge in [0.05, 0.1) is 5.69 Å². The van der Waals surface area contributed by atoms with E-state index < -0.39 is 29.2 Å². The van der Waals surface area contributed by atoms with Gasteiger partial charge in [-0.2, -0.15) is 0 Å². The van der Waals surface area contributed by atoms with Gasteiger partial charge in [-0.1, -0.05) is 50.2 Å². The number of anilines is 2. The van der Waals surface area contributed by atoms with Crippen LogP contribution in [0.1, 0.15) is 41.9 Å². The Morgan fingerprint density at radius 2 is 1.66 bits per heavy atom. The summed E-state index contributed by atoms with van der Waals surface area (Å²) in [5, 5.41) is 13.5. The van der Waals surface area contributed by atoms with Crippen LogP contribution in [-0.4, -0.2) is 45.5 Å². The number of carboxylic acid groups (broad SMARTS) is 1. The highest BCUT2D eigenvalue weighted by molar-refractivity contribution is 7.80. The standard InChI is InChI=1S/C31H34N2O7S/c1-19(2)28(31(35)36)33(41(37)38)25-16-12-22(13-17-25)21-10-14-24(15-11-21)32-30(34)29-20(3)27-23(8-6-18-39-4)7-5-9-26(27)40-29/h5,7,9-17,19,28H,6,8,18H2,1-4H3,(H,32,34)(H,35,36)(H,37,38). The highest BCUT2D eigenvalue weighted by atomic mass is 32.2. The quantitative estimate of drug-likeness (QED) is 0.133. The summed E-state index contributed by atoms with van der Waals surface area (Å²) in [5.41, 5.74) is 5.18. The summed E-state index contributed by atoms with van der Waals surface area (Å²) in [4.78, 5) is 24.9. The number of carbonyl (C=O) groups excluding carboxylic acids is 1. The molecular formula is C31H34N2O7S. The summed E-state index contributed by atoms with van der Waals surface area (Å²) in [7, 11) is 1.68. The van der Waals surface area contributed by atoms with E-state index in [9.17, 15) is 23.5 Å². The molecule has 3 N–H and O–H groups in total. The Labute approximate surface area is 241 Å². The third-order valence-electron chi connectivity index (χ3n) is 6.94. The smallest absolute Gasteiger partial charge is 0.327 e. The SMILES string of the molecule is COCCCc1cccc2oc(C(=O)Nc3ccc(-c4ccc(N(C(C(=O)O)C(C)C)S(=O)O)cc4)cc3)c(C)c12. The number of hydrogen-bond acceptors (Lipinski definition) is 5. The predicted molar refractivity (Wildman–Crippen MR) is 160 cm³/mol. The zero-order valence-electron chi connectivity index (χ0n) is 23.4. The molecule has 3 aromatic carbocycles. The van der Waals surface area contributed by atoms with Gasteiger partial charge in [-0.15, -0.1) is 0 Å². The number of benzene rings is 3. The van der Waals surface area contributed by atoms with Gasteiger partial charge in [-0.05, 0) is 72.7 Å². The molecule has 0 spiro atoms. The molecule has 1 heterocycles. The van der Waals surface area contributed by atoms with Crippen LogP contribution in [0, 0.1) is 12.8 Å². The summed E-state index contributed by atoms with van der Waals surface area (Å²) < 4.78 is 33.9. The molecule has 0 fully saturated rings. The van der Waals surface area contributed by atoms with Gasteiger partial charge in [0.25, 0.3) is 17.2 Å². The number of carboxylic acids is 1. The summed E-state index contributed by atoms with van der Waals surface area (Å²) in [6, 6.07) is 18.7. The number of aliphatic carboxylic acids is 1. The number of nitrogens with zero attached hydrogens (tertiary/aromatic N) is 1. The molecule has 1 amide bonds. The molecule has 1 aromatic heterocycles. The maximum absolute atomic E-state index is 13.1. The average Bonchev–Trinajstić information content (AvgIpc) is 3.29. The second kappa shape index (κ2) is 13.1. The number of nitrogens with one attached hydrogen (secondary N) is 1. The number of aryl methyl sites for hydroxylation is 2. The van der Waals surface area contributed by atoms with Crippen molar-refractivity contribution in [1.82, 2.24) is 0 Å². The van der Waals surface area contributed by atoms with Gasteiger partial charge >= 0.3 is 5.97 Å². The number of furan rings is 1. The molecule has 0 aliphatic rings. The molecule has 0 saturated carbocycles. The molecule has 0 saturated heterocycles. The molecule has 4 aromatic rings. The summed E-state index contributed by atoms with van der Waals surface area (Å²) in [6.45, 7) is 5.92. The maximum atomic E-state index is 13.1. The molecular weight excluding hydrogens is 544 g/mol. The van der Waals surface area contributed by atoms with Crippen LogP contribution in [0.4, 0.5) is 11.4 Å². The molecule has 4 rings (SSSR count). The van der Waals surface area contributed by atoms with E-state index in [1.54, 1.807) is 57.4 Å². The van der Waals surface area contributed by atoms with E-state index in [2.05, 4.69) is 5.32 Å². The molecule has 0 radical (unpaired) electrons. The van der Waals surface area contributed by atoms with Gasteiger partial charge < -0.3 is 19.6 Å². The zero-order valence-corrected chi connectivity index (χ0v) is 24.2. The van der Waals surface area contributed by atoms with Crippen molar-refractivity contribution in [2.45, 2.75) is 39.7 Å². The number of fused-ring (bicyclic) bond motifs is 1. The molecule has 0 aliphatic carbocycles. The lowest BCUT2D eigenvalue weighted by Gasteiger charge is -2.29. The predicted octanol–water partition coefficient (Wildman–Crippen LogP) is 6.29. The van der Waals surface area contributed by atoms with Crippen molar-refractivity contribution in [3.8, 4) is 11.1 Å². The highest BCUT2D eigenvalue weighted by Gasteiger charge is 2.32. The van der Waals surface area contributed by atoms with Crippen LogP contribution in [-0.2, 0) is 27.2 Å². The van der Waals surface area contributed by atoms with Gasteiger partial charge in [-0.25, -0.2) is 9.00 Å². The minimum absolute atomic E-state index is 0.269. The van der Waals surface area contributed by atoms with Crippen LogP contribution in [0.5, 0.6) is 0 Å². The molecule has 216 valence electrons. The summed E-state index contributed by atoms with van der Waals surface area (Å²) in [5.74, 6) is -1.64. The van der Waals surface area contributed by atoms with Crippen LogP contribution in [0.15, 0.2) is 71.1 Å². The Hall–Kier alpha value is -3.99. The first-order chi connectivity index (χ1) is 19.6. The Bertz CT molecular complexity index is 1550. The minimum atomic E-state index is -2.51. The molecule has 9 nitrogen and oxygen atoms in total. The zero-order chi connectivity index (χ0) is 29.7. The van der Waals surface area contributed by atoms with Crippen molar-refractivity contribution in [3.63, 3.8) is 0 Å². The van der Waals surface area contributed by atoms with Gasteiger partial charge in [0.1, 0.15) is 11.6 Å². The van der Waals surface area contributed by atoms with Crippen molar-refractivity contribution in [3.05, 3.63) is 83.6 Å². The highest BCUT2D eigenvalue weighted by Crippen LogP contribution is 2.31. The van der Waals surface area contributed by atoms with Crippen LogP contribution in [0.3, 0.4) is 0 Å². The second-order valence-electron chi connectivity index (χ2n) is 10.1. The van der Waals surface area contributed by atoms with E-state index >= 15 is 0 Å². The number of amides is 1. The molecule has 0 bridgehead atoms. The van der Waals surface area contributed by atoms with Crippen LogP contribution in [0.2, 0.25) is 0 Å². The van der Waals surface area contributed by atoms with Crippen LogP contribution >= 0.6 is 0 Å². The van der Waals surface area contributed by atoms with E-state index in [4.69, 9.17) is 9.15 Å². The molecule has 2 unspecified atom stereocenters. The van der Waals surface area contributed by atoms with Gasteiger partial charge in [0.2, 0.25) is 0 Å². The maximum Gasteiger partial charge on any atom is 0.327 e. The largest absolute Gasteiger partial charge is 0.480 e. The Balaban J connectivity index is 1.50. The lowest BCUT2D eigenvalue weighted by Crippen LogP contribution is -2.45. The monoisotopic (exact) mass is 578 g/mol. The molecule has 0 aliphatic heterocycles. The fraction of sp³-hybridized carbons (Fsp3) is 0.290. The third-order valence-corrected chi connectivity index (χ3v) is 7.72. The summed E-state index contributed by atoms with van der Waals surface area (Å²) in [6.07, 6.45) is 1.69. The van der Waals surface area contributed by atoms with Crippen molar-refractivity contribution in [2.24, 2.45) is 5.92 Å². The van der Waals surface area contributed by atoms with E-state index in [0.717, 1.165) is 44.8 Å². The molecule has 41 heavy (non-hydrogen) atoms. The minimum Gasteiger partial charge on any atom is -0.480 e. The van der Waals surface area contributed by atoms with Crippen molar-refractivity contribution < 1.29 is 32.6 Å². The Morgan fingerprint density at radius 1 is 1.02 bits per heavy atom. The lowest BCUT2D eigenvalue weighted by molar-refractivity contribution is -0.139. The van der Waals surface area contributed by atoms with Crippen molar-refractivity contribution >= 4 is 45.5 Å². The van der Waals surface area contributed by atoms with Crippen LogP contribution < -0.4 is 9.62 Å². The summed E-state index contributed by atoms with van der Waals surface area (Å²) >= 11 is -2.51. The van der Waals surface area contributed by atoms with Crippen molar-refractivity contribution in [2.75, 3.05) is 23.3 Å². The topological polar surface area (TPSA) is 129 Å². The number of carbonyl (C=O) groups is 2. The average molecular weight is 579 g/mol. The van der Waals surface area contributed by atoms with Crippen LogP contribution in [0.25, 0.3) is 22.1 Å². The normalized spacial score (nSPS) is 12.8. The number of rotatable bonds is 12. The number of hydrogen-bond donors (Lipinski definition) is 3. The first kappa shape index (κ1) is 30.0. The van der Waals surface area contributed by atoms with E-state index in [1.165, 1.54) is 0 Å². The molecule has 10 heteroatoms. The van der Waals surface area contributed by atoms with E-state index in [1.807, 2.05) is 37.3 Å². The fourth-order valence-corrected chi connectivity index (χ4v) is 5.79. The van der Waals surface area contributed by atoms with Crippen molar-refractivity contribution in [1.29, 1.82) is 0 Å². The van der Waals surface area contributed by atoms with Gasteiger partial charge in [-0.3, -0.25) is 13.7 Å². The third kappa shape index (κ3) is 6.67. The second-order valence-corrected chi connectivity index (χ2v) is 11.0. The first-order valence-electron chi connectivity index (χ1n) is 13.3. The molecule has 2 atom stereocenters. The Kier molecular flexibility index (Phi) is 9.59.